The molecule has 0 radical (unpaired) electrons. The number of piperidine rings is 2. The number of likely N-dealkylation sites (tertiary alicyclic amines) is 1. The average Bonchev–Trinajstić information content (AvgIpc) is 2.84. The SMILES string of the molecule is C[N@+]12C=CC(OC(=O)CC[C@H](N)C(=O)C(N)=O)C(=O)C1C1CC=C(F)C(N3CCC(O)CC3)=C1CC2. The van der Waals surface area contributed by atoms with Crippen LogP contribution < -0.4 is 11.5 Å². The second-order valence-corrected chi connectivity index (χ2v) is 10.3. The number of ether oxygens (including phenoxy) is 1. The summed E-state index contributed by atoms with van der Waals surface area (Å²) in [6.07, 6.45) is 5.28. The third kappa shape index (κ3) is 5.00. The molecule has 5 N–H and O–H groups in total. The van der Waals surface area contributed by atoms with Gasteiger partial charge in [-0.1, -0.05) is 0 Å². The van der Waals surface area contributed by atoms with E-state index in [1.807, 2.05) is 18.1 Å². The van der Waals surface area contributed by atoms with Crippen LogP contribution in [-0.2, 0) is 23.9 Å². The second kappa shape index (κ2) is 10.2. The number of hydrogen-bond donors (Lipinski definition) is 3. The van der Waals surface area contributed by atoms with Crippen LogP contribution in [0.3, 0.4) is 0 Å². The number of halogens is 1. The first-order chi connectivity index (χ1) is 17.0. The Labute approximate surface area is 209 Å². The normalized spacial score (nSPS) is 31.3. The molecule has 3 unspecified atom stereocenters. The van der Waals surface area contributed by atoms with Gasteiger partial charge in [-0.2, -0.15) is 0 Å². The van der Waals surface area contributed by atoms with Crippen molar-refractivity contribution in [1.82, 2.24) is 4.90 Å². The van der Waals surface area contributed by atoms with Gasteiger partial charge >= 0.3 is 5.97 Å². The molecule has 0 saturated carbocycles. The van der Waals surface area contributed by atoms with Crippen LogP contribution in [-0.4, -0.2) is 88.9 Å². The summed E-state index contributed by atoms with van der Waals surface area (Å²) >= 11 is 0. The van der Waals surface area contributed by atoms with E-state index in [9.17, 15) is 24.3 Å². The molecule has 2 saturated heterocycles. The van der Waals surface area contributed by atoms with Crippen molar-refractivity contribution in [2.75, 3.05) is 26.7 Å². The Morgan fingerprint density at radius 2 is 2.00 bits per heavy atom. The molecule has 0 aromatic carbocycles. The molecule has 196 valence electrons. The first-order valence-electron chi connectivity index (χ1n) is 12.4. The molecule has 1 amide bonds. The van der Waals surface area contributed by atoms with Gasteiger partial charge in [0.05, 0.1) is 37.6 Å². The zero-order valence-electron chi connectivity index (χ0n) is 20.4. The summed E-state index contributed by atoms with van der Waals surface area (Å²) in [6.45, 7) is 1.72. The third-order valence-electron chi connectivity index (χ3n) is 7.86. The number of nitrogens with zero attached hydrogens (tertiary/aromatic N) is 2. The molecule has 0 aromatic rings. The van der Waals surface area contributed by atoms with Crippen LogP contribution in [0.2, 0.25) is 0 Å². The number of ketones is 2. The number of primary amides is 1. The summed E-state index contributed by atoms with van der Waals surface area (Å²) in [5, 5.41) is 9.88. The highest BCUT2D eigenvalue weighted by Crippen LogP contribution is 2.45. The Balaban J connectivity index is 1.50. The quantitative estimate of drug-likeness (QED) is 0.248. The smallest absolute Gasteiger partial charge is 0.306 e. The topological polar surface area (TPSA) is 153 Å². The van der Waals surface area contributed by atoms with Crippen molar-refractivity contribution in [3.05, 3.63) is 35.4 Å². The fraction of sp³-hybridized carbons (Fsp3) is 0.600. The van der Waals surface area contributed by atoms with Crippen LogP contribution in [0.25, 0.3) is 0 Å². The Morgan fingerprint density at radius 3 is 2.67 bits per heavy atom. The molecular weight excluding hydrogens is 471 g/mol. The van der Waals surface area contributed by atoms with Crippen LogP contribution in [0.15, 0.2) is 35.4 Å². The van der Waals surface area contributed by atoms with Gasteiger partial charge in [-0.15, -0.1) is 0 Å². The number of fused-ring (bicyclic) bond motifs is 3. The highest BCUT2D eigenvalue weighted by Gasteiger charge is 2.54. The molecule has 4 rings (SSSR count). The van der Waals surface area contributed by atoms with Gasteiger partial charge in [0, 0.05) is 37.9 Å². The zero-order chi connectivity index (χ0) is 26.2. The van der Waals surface area contributed by atoms with Crippen molar-refractivity contribution in [3.63, 3.8) is 0 Å². The largest absolute Gasteiger partial charge is 0.450 e. The monoisotopic (exact) mass is 505 g/mol. The Hall–Kier alpha value is -2.89. The predicted molar refractivity (Wildman–Crippen MR) is 126 cm³/mol. The summed E-state index contributed by atoms with van der Waals surface area (Å²) < 4.78 is 20.9. The number of aliphatic hydroxyl groups is 1. The van der Waals surface area contributed by atoms with E-state index in [0.717, 1.165) is 5.57 Å². The highest BCUT2D eigenvalue weighted by atomic mass is 19.1. The number of likely N-dealkylation sites (N-methyl/N-ethyl adjacent to an activating group) is 1. The van der Waals surface area contributed by atoms with Gasteiger partial charge in [0.25, 0.3) is 5.91 Å². The number of hydrogen-bond acceptors (Lipinski definition) is 8. The molecule has 36 heavy (non-hydrogen) atoms. The molecule has 0 spiro atoms. The van der Waals surface area contributed by atoms with Crippen molar-refractivity contribution >= 4 is 23.4 Å². The van der Waals surface area contributed by atoms with Crippen LogP contribution in [0, 0.1) is 5.92 Å². The molecule has 2 fully saturated rings. The summed E-state index contributed by atoms with van der Waals surface area (Å²) in [5.41, 5.74) is 12.0. The minimum absolute atomic E-state index is 0.129. The lowest BCUT2D eigenvalue weighted by Crippen LogP contribution is -2.64. The number of allylic oxidation sites excluding steroid dienone is 2. The van der Waals surface area contributed by atoms with Crippen LogP contribution >= 0.6 is 0 Å². The second-order valence-electron chi connectivity index (χ2n) is 10.3. The standard InChI is InChI=1S/C25H33FN4O6/c1-30-12-8-15-16(2-3-17(26)21(15)29-10-6-14(31)7-11-29)22(30)24(34)19(9-13-30)36-20(32)5-4-18(27)23(33)25(28)35/h3,9,13-14,16,18-19,22,31H,2,4-8,10-12,27H2,1H3,(H-,28,35)/p+1/t16?,18-,19?,22?,30-/m0/s1. The lowest BCUT2D eigenvalue weighted by molar-refractivity contribution is -0.884. The van der Waals surface area contributed by atoms with Gasteiger partial charge < -0.3 is 26.2 Å². The number of quaternary nitrogens is 1. The Bertz CT molecular complexity index is 1050. The van der Waals surface area contributed by atoms with E-state index in [2.05, 4.69) is 0 Å². The first-order valence-corrected chi connectivity index (χ1v) is 12.4. The maximum absolute atomic E-state index is 15.1. The maximum atomic E-state index is 15.1. The molecule has 0 aromatic heterocycles. The van der Waals surface area contributed by atoms with Crippen molar-refractivity contribution in [1.29, 1.82) is 0 Å². The highest BCUT2D eigenvalue weighted by molar-refractivity contribution is 6.37. The van der Waals surface area contributed by atoms with E-state index in [1.54, 1.807) is 6.08 Å². The van der Waals surface area contributed by atoms with Crippen LogP contribution in [0.1, 0.15) is 38.5 Å². The summed E-state index contributed by atoms with van der Waals surface area (Å²) in [4.78, 5) is 50.5. The van der Waals surface area contributed by atoms with E-state index >= 15 is 4.39 Å². The average molecular weight is 506 g/mol. The van der Waals surface area contributed by atoms with E-state index in [4.69, 9.17) is 16.2 Å². The molecule has 3 aliphatic heterocycles. The van der Waals surface area contributed by atoms with E-state index in [0.29, 0.717) is 55.5 Å². The van der Waals surface area contributed by atoms with Crippen molar-refractivity contribution in [2.45, 2.75) is 62.8 Å². The predicted octanol–water partition coefficient (Wildman–Crippen LogP) is -0.0405. The number of nitrogens with two attached hydrogens (primary N) is 2. The van der Waals surface area contributed by atoms with Gasteiger partial charge in [0.1, 0.15) is 5.83 Å². The number of carbonyl (C=O) groups is 4. The molecule has 1 aliphatic carbocycles. The number of Topliss-reactive ketones (excluding diaryl/α,β-unsaturated/α-hetero) is 2. The number of aliphatic hydroxyl groups excluding tert-OH is 1. The molecule has 5 atom stereocenters. The number of carbonyl (C=O) groups excluding carboxylic acids is 4. The first kappa shape index (κ1) is 26.2. The van der Waals surface area contributed by atoms with Crippen molar-refractivity contribution in [2.24, 2.45) is 17.4 Å². The summed E-state index contributed by atoms with van der Waals surface area (Å²) in [6, 6.07) is -1.75. The van der Waals surface area contributed by atoms with Gasteiger partial charge in [-0.3, -0.25) is 23.7 Å². The van der Waals surface area contributed by atoms with Gasteiger partial charge in [-0.25, -0.2) is 4.39 Å². The van der Waals surface area contributed by atoms with E-state index in [1.165, 1.54) is 6.08 Å². The minimum Gasteiger partial charge on any atom is -0.450 e. The summed E-state index contributed by atoms with van der Waals surface area (Å²) in [7, 11) is 1.95. The fourth-order valence-electron chi connectivity index (χ4n) is 5.86. The summed E-state index contributed by atoms with van der Waals surface area (Å²) in [5.74, 6) is -3.62. The van der Waals surface area contributed by atoms with E-state index in [-0.39, 0.29) is 36.5 Å². The maximum Gasteiger partial charge on any atom is 0.306 e. The minimum atomic E-state index is -1.21. The van der Waals surface area contributed by atoms with E-state index < -0.39 is 35.8 Å². The fourth-order valence-corrected chi connectivity index (χ4v) is 5.86. The molecule has 0 bridgehead atoms. The van der Waals surface area contributed by atoms with Gasteiger partial charge in [-0.05, 0) is 37.3 Å². The zero-order valence-corrected chi connectivity index (χ0v) is 20.4. The Morgan fingerprint density at radius 1 is 1.31 bits per heavy atom. The van der Waals surface area contributed by atoms with Crippen molar-refractivity contribution < 1.29 is 37.9 Å². The lowest BCUT2D eigenvalue weighted by Gasteiger charge is -2.50. The number of esters is 1. The van der Waals surface area contributed by atoms with Gasteiger partial charge in [0.2, 0.25) is 11.6 Å². The lowest BCUT2D eigenvalue weighted by atomic mass is 9.73. The van der Waals surface area contributed by atoms with Crippen molar-refractivity contribution in [3.8, 4) is 0 Å². The number of amides is 1. The van der Waals surface area contributed by atoms with Crippen LogP contribution in [0.4, 0.5) is 4.39 Å². The third-order valence-corrected chi connectivity index (χ3v) is 7.86. The number of rotatable bonds is 7. The molecule has 4 aliphatic rings. The molecule has 3 heterocycles. The van der Waals surface area contributed by atoms with Gasteiger partial charge in [0.15, 0.2) is 12.1 Å². The Kier molecular flexibility index (Phi) is 7.44. The molecule has 11 heteroatoms. The molecular formula is C25H34FN4O6+. The van der Waals surface area contributed by atoms with Crippen LogP contribution in [0.5, 0.6) is 0 Å². The molecule has 10 nitrogen and oxygen atoms in total.